The zero-order chi connectivity index (χ0) is 11.7. The number of rotatable bonds is 5. The molecule has 0 unspecified atom stereocenters. The molecule has 2 heterocycles. The van der Waals surface area contributed by atoms with Crippen LogP contribution in [0.1, 0.15) is 28.3 Å². The van der Waals surface area contributed by atoms with Crippen LogP contribution in [0.4, 0.5) is 0 Å². The zero-order valence-corrected chi connectivity index (χ0v) is 10.8. The number of thiophene rings is 1. The summed E-state index contributed by atoms with van der Waals surface area (Å²) in [4.78, 5) is 2.80. The molecule has 1 N–H and O–H groups in total. The van der Waals surface area contributed by atoms with Gasteiger partial charge in [0.2, 0.25) is 0 Å². The average Bonchev–Trinajstić information content (AvgIpc) is 2.90. The molecule has 2 aromatic rings. The Balaban J connectivity index is 1.59. The first-order valence-electron chi connectivity index (χ1n) is 6.10. The van der Waals surface area contributed by atoms with Crippen molar-refractivity contribution >= 4 is 11.3 Å². The van der Waals surface area contributed by atoms with Crippen molar-refractivity contribution in [3.05, 3.63) is 39.8 Å². The minimum Gasteiger partial charge on any atom is -0.309 e. The molecule has 0 bridgehead atoms. The van der Waals surface area contributed by atoms with Crippen molar-refractivity contribution in [3.63, 3.8) is 0 Å². The normalized spacial score (nSPS) is 15.4. The van der Waals surface area contributed by atoms with Crippen LogP contribution in [-0.4, -0.2) is 15.8 Å². The van der Waals surface area contributed by atoms with Gasteiger partial charge < -0.3 is 5.32 Å². The molecule has 0 saturated heterocycles. The quantitative estimate of drug-likeness (QED) is 0.880. The van der Waals surface area contributed by atoms with Crippen LogP contribution in [0, 0.1) is 6.92 Å². The highest BCUT2D eigenvalue weighted by Crippen LogP contribution is 2.22. The van der Waals surface area contributed by atoms with Gasteiger partial charge in [-0.05, 0) is 38.0 Å². The highest BCUT2D eigenvalue weighted by Gasteiger charge is 2.20. The van der Waals surface area contributed by atoms with E-state index in [0.717, 1.165) is 24.8 Å². The highest BCUT2D eigenvalue weighted by atomic mass is 32.1. The highest BCUT2D eigenvalue weighted by molar-refractivity contribution is 7.11. The Morgan fingerprint density at radius 3 is 2.88 bits per heavy atom. The van der Waals surface area contributed by atoms with E-state index >= 15 is 0 Å². The van der Waals surface area contributed by atoms with Gasteiger partial charge in [0.15, 0.2) is 0 Å². The molecular formula is C13H17N3S. The maximum Gasteiger partial charge on any atom is 0.0752 e. The van der Waals surface area contributed by atoms with Gasteiger partial charge in [-0.15, -0.1) is 11.3 Å². The second-order valence-corrected chi connectivity index (χ2v) is 5.93. The molecular weight excluding hydrogens is 230 g/mol. The van der Waals surface area contributed by atoms with E-state index in [4.69, 9.17) is 0 Å². The van der Waals surface area contributed by atoms with Crippen molar-refractivity contribution in [2.24, 2.45) is 0 Å². The van der Waals surface area contributed by atoms with Crippen molar-refractivity contribution in [3.8, 4) is 0 Å². The summed E-state index contributed by atoms with van der Waals surface area (Å²) in [5.41, 5.74) is 1.08. The van der Waals surface area contributed by atoms with Crippen molar-refractivity contribution in [1.29, 1.82) is 0 Å². The minimum atomic E-state index is 0.786. The van der Waals surface area contributed by atoms with Gasteiger partial charge in [0.25, 0.3) is 0 Å². The van der Waals surface area contributed by atoms with Crippen LogP contribution in [0.3, 0.4) is 0 Å². The summed E-state index contributed by atoms with van der Waals surface area (Å²) >= 11 is 1.88. The Bertz CT molecular complexity index is 496. The van der Waals surface area contributed by atoms with Crippen LogP contribution in [0.5, 0.6) is 0 Å². The van der Waals surface area contributed by atoms with Crippen LogP contribution in [0.2, 0.25) is 0 Å². The van der Waals surface area contributed by atoms with E-state index in [9.17, 15) is 0 Å². The smallest absolute Gasteiger partial charge is 0.0752 e. The number of nitrogens with zero attached hydrogens (tertiary/aromatic N) is 2. The molecule has 0 aliphatic heterocycles. The second-order valence-electron chi connectivity index (χ2n) is 4.68. The molecule has 3 nitrogen and oxygen atoms in total. The van der Waals surface area contributed by atoms with Crippen molar-refractivity contribution in [1.82, 2.24) is 15.1 Å². The largest absolute Gasteiger partial charge is 0.309 e. The molecule has 0 spiro atoms. The summed E-state index contributed by atoms with van der Waals surface area (Å²) in [5, 5.41) is 7.95. The molecule has 17 heavy (non-hydrogen) atoms. The van der Waals surface area contributed by atoms with Gasteiger partial charge in [0, 0.05) is 28.5 Å². The van der Waals surface area contributed by atoms with Gasteiger partial charge >= 0.3 is 0 Å². The lowest BCUT2D eigenvalue weighted by Crippen LogP contribution is -2.14. The first-order valence-corrected chi connectivity index (χ1v) is 6.92. The van der Waals surface area contributed by atoms with E-state index in [-0.39, 0.29) is 0 Å². The van der Waals surface area contributed by atoms with Crippen molar-refractivity contribution in [2.75, 3.05) is 0 Å². The molecule has 0 amide bonds. The molecule has 3 rings (SSSR count). The minimum absolute atomic E-state index is 0.786. The molecule has 0 radical (unpaired) electrons. The molecule has 2 aromatic heterocycles. The fraction of sp³-hybridized carbons (Fsp3) is 0.462. The summed E-state index contributed by atoms with van der Waals surface area (Å²) < 4.78 is 2.00. The topological polar surface area (TPSA) is 29.9 Å². The van der Waals surface area contributed by atoms with Gasteiger partial charge in [0.05, 0.1) is 12.2 Å². The Labute approximate surface area is 105 Å². The molecule has 1 fully saturated rings. The average molecular weight is 247 g/mol. The Morgan fingerprint density at radius 2 is 2.18 bits per heavy atom. The molecule has 0 atom stereocenters. The van der Waals surface area contributed by atoms with Crippen LogP contribution in [0.25, 0.3) is 0 Å². The van der Waals surface area contributed by atoms with E-state index < -0.39 is 0 Å². The third kappa shape index (κ3) is 2.96. The third-order valence-corrected chi connectivity index (χ3v) is 4.02. The maximum absolute atomic E-state index is 4.41. The van der Waals surface area contributed by atoms with E-state index in [0.29, 0.717) is 0 Å². The third-order valence-electron chi connectivity index (χ3n) is 2.95. The molecule has 90 valence electrons. The summed E-state index contributed by atoms with van der Waals surface area (Å²) in [7, 11) is 0. The molecule has 1 saturated carbocycles. The number of hydrogen-bond donors (Lipinski definition) is 1. The van der Waals surface area contributed by atoms with Crippen LogP contribution in [-0.2, 0) is 13.1 Å². The summed E-state index contributed by atoms with van der Waals surface area (Å²) in [6, 6.07) is 7.27. The molecule has 1 aliphatic carbocycles. The summed E-state index contributed by atoms with van der Waals surface area (Å²) in [6.07, 6.45) is 4.74. The SMILES string of the molecule is Cc1ccn(Cc2ccc(CNC3CC3)s2)n1. The lowest BCUT2D eigenvalue weighted by molar-refractivity contribution is 0.687. The first kappa shape index (κ1) is 11.0. The fourth-order valence-corrected chi connectivity index (χ4v) is 2.81. The Morgan fingerprint density at radius 1 is 1.35 bits per heavy atom. The van der Waals surface area contributed by atoms with Crippen LogP contribution >= 0.6 is 11.3 Å². The molecule has 4 heteroatoms. The van der Waals surface area contributed by atoms with E-state index in [1.165, 1.54) is 22.6 Å². The number of aromatic nitrogens is 2. The Hall–Kier alpha value is -1.13. The van der Waals surface area contributed by atoms with Gasteiger partial charge in [-0.25, -0.2) is 0 Å². The maximum atomic E-state index is 4.41. The lowest BCUT2D eigenvalue weighted by Gasteiger charge is -1.99. The number of nitrogens with one attached hydrogen (secondary N) is 1. The van der Waals surface area contributed by atoms with E-state index in [2.05, 4.69) is 22.5 Å². The number of hydrogen-bond acceptors (Lipinski definition) is 3. The van der Waals surface area contributed by atoms with Gasteiger partial charge in [-0.2, -0.15) is 5.10 Å². The first-order chi connectivity index (χ1) is 8.29. The zero-order valence-electron chi connectivity index (χ0n) is 10.0. The van der Waals surface area contributed by atoms with Gasteiger partial charge in [-0.1, -0.05) is 0 Å². The van der Waals surface area contributed by atoms with Gasteiger partial charge in [-0.3, -0.25) is 4.68 Å². The van der Waals surface area contributed by atoms with E-state index in [1.807, 2.05) is 35.2 Å². The fourth-order valence-electron chi connectivity index (χ4n) is 1.85. The van der Waals surface area contributed by atoms with Crippen molar-refractivity contribution < 1.29 is 0 Å². The van der Waals surface area contributed by atoms with E-state index in [1.54, 1.807) is 0 Å². The molecule has 0 aromatic carbocycles. The predicted molar refractivity (Wildman–Crippen MR) is 70.2 cm³/mol. The lowest BCUT2D eigenvalue weighted by atomic mass is 10.4. The summed E-state index contributed by atoms with van der Waals surface area (Å²) in [6.45, 7) is 3.94. The standard InChI is InChI=1S/C13H17N3S/c1-10-6-7-16(15-10)9-13-5-4-12(17-13)8-14-11-2-3-11/h4-7,11,14H,2-3,8-9H2,1H3. The van der Waals surface area contributed by atoms with Crippen LogP contribution in [0.15, 0.2) is 24.4 Å². The van der Waals surface area contributed by atoms with Crippen LogP contribution < -0.4 is 5.32 Å². The van der Waals surface area contributed by atoms with Gasteiger partial charge in [0.1, 0.15) is 0 Å². The Kier molecular flexibility index (Phi) is 2.99. The number of aryl methyl sites for hydroxylation is 1. The van der Waals surface area contributed by atoms with Crippen molar-refractivity contribution in [2.45, 2.75) is 38.9 Å². The summed E-state index contributed by atoms with van der Waals surface area (Å²) in [5.74, 6) is 0. The molecule has 1 aliphatic rings. The second kappa shape index (κ2) is 4.63. The predicted octanol–water partition coefficient (Wildman–Crippen LogP) is 2.55. The monoisotopic (exact) mass is 247 g/mol.